The molecule has 0 aliphatic carbocycles. The minimum absolute atomic E-state index is 0.0207. The fourth-order valence-electron chi connectivity index (χ4n) is 2.61. The zero-order chi connectivity index (χ0) is 15.4. The van der Waals surface area contributed by atoms with Crippen LogP contribution < -0.4 is 15.5 Å². The predicted molar refractivity (Wildman–Crippen MR) is 81.7 cm³/mol. The van der Waals surface area contributed by atoms with E-state index in [1.54, 1.807) is 6.07 Å². The highest BCUT2D eigenvalue weighted by Gasteiger charge is 2.21. The van der Waals surface area contributed by atoms with Gasteiger partial charge in [-0.3, -0.25) is 14.9 Å². The van der Waals surface area contributed by atoms with Crippen LogP contribution in [0, 0.1) is 10.1 Å². The molecular weight excluding hydrogens is 272 g/mol. The van der Waals surface area contributed by atoms with Crippen LogP contribution in [-0.4, -0.2) is 37.0 Å². The quantitative estimate of drug-likeness (QED) is 0.652. The Bertz CT molecular complexity index is 539. The Hall–Kier alpha value is -2.15. The summed E-state index contributed by atoms with van der Waals surface area (Å²) in [5.41, 5.74) is 1.32. The van der Waals surface area contributed by atoms with Crippen molar-refractivity contribution in [3.05, 3.63) is 28.3 Å². The van der Waals surface area contributed by atoms with Gasteiger partial charge in [0.1, 0.15) is 0 Å². The number of carbonyl (C=O) groups is 1. The Morgan fingerprint density at radius 2 is 2.05 bits per heavy atom. The van der Waals surface area contributed by atoms with Gasteiger partial charge in [0.15, 0.2) is 0 Å². The van der Waals surface area contributed by atoms with Gasteiger partial charge in [0.2, 0.25) is 5.91 Å². The monoisotopic (exact) mass is 292 g/mol. The van der Waals surface area contributed by atoms with E-state index in [1.807, 2.05) is 7.05 Å². The molecule has 0 aromatic heterocycles. The summed E-state index contributed by atoms with van der Waals surface area (Å²) in [4.78, 5) is 23.9. The van der Waals surface area contributed by atoms with Crippen molar-refractivity contribution in [2.45, 2.75) is 25.8 Å². The molecule has 0 atom stereocenters. The minimum Gasteiger partial charge on any atom is -0.370 e. The molecule has 0 saturated carbocycles. The van der Waals surface area contributed by atoms with E-state index in [9.17, 15) is 14.9 Å². The molecule has 1 aromatic carbocycles. The fourth-order valence-corrected chi connectivity index (χ4v) is 2.61. The summed E-state index contributed by atoms with van der Waals surface area (Å²) in [6, 6.07) is 5.11. The van der Waals surface area contributed by atoms with Crippen LogP contribution in [0.3, 0.4) is 0 Å². The number of benzene rings is 1. The Kier molecular flexibility index (Phi) is 4.74. The smallest absolute Gasteiger partial charge is 0.271 e. The molecule has 0 radical (unpaired) electrons. The van der Waals surface area contributed by atoms with Gasteiger partial charge in [-0.2, -0.15) is 0 Å². The number of piperidine rings is 1. The first-order valence-electron chi connectivity index (χ1n) is 6.99. The standard InChI is InChI=1S/C14H20N4O3/c1-10(19)16-13-9-12(18(20)21)3-4-14(13)17-7-5-11(15-2)6-8-17/h3-4,9,11,15H,5-8H2,1-2H3,(H,16,19). The van der Waals surface area contributed by atoms with Crippen LogP contribution >= 0.6 is 0 Å². The lowest BCUT2D eigenvalue weighted by Crippen LogP contribution is -2.41. The number of carbonyl (C=O) groups excluding carboxylic acids is 1. The number of amides is 1. The van der Waals surface area contributed by atoms with Gasteiger partial charge in [-0.25, -0.2) is 0 Å². The lowest BCUT2D eigenvalue weighted by Gasteiger charge is -2.34. The molecule has 21 heavy (non-hydrogen) atoms. The van der Waals surface area contributed by atoms with E-state index in [-0.39, 0.29) is 11.6 Å². The summed E-state index contributed by atoms with van der Waals surface area (Å²) >= 11 is 0. The Morgan fingerprint density at radius 1 is 1.38 bits per heavy atom. The zero-order valence-corrected chi connectivity index (χ0v) is 12.3. The van der Waals surface area contributed by atoms with Crippen LogP contribution in [0.15, 0.2) is 18.2 Å². The van der Waals surface area contributed by atoms with Crippen LogP contribution in [0.5, 0.6) is 0 Å². The minimum atomic E-state index is -0.456. The van der Waals surface area contributed by atoms with E-state index in [2.05, 4.69) is 15.5 Å². The maximum Gasteiger partial charge on any atom is 0.271 e. The highest BCUT2D eigenvalue weighted by molar-refractivity contribution is 5.93. The van der Waals surface area contributed by atoms with Gasteiger partial charge in [0, 0.05) is 38.2 Å². The lowest BCUT2D eigenvalue weighted by molar-refractivity contribution is -0.384. The van der Waals surface area contributed by atoms with Crippen molar-refractivity contribution in [3.8, 4) is 0 Å². The number of hydrogen-bond acceptors (Lipinski definition) is 5. The van der Waals surface area contributed by atoms with Gasteiger partial charge >= 0.3 is 0 Å². The second kappa shape index (κ2) is 6.53. The number of nitro benzene ring substituents is 1. The maximum atomic E-state index is 11.3. The summed E-state index contributed by atoms with van der Waals surface area (Å²) in [6.45, 7) is 3.11. The molecule has 1 heterocycles. The molecule has 7 heteroatoms. The van der Waals surface area contributed by atoms with Crippen molar-refractivity contribution >= 4 is 23.0 Å². The SMILES string of the molecule is CNC1CCN(c2ccc([N+](=O)[O-])cc2NC(C)=O)CC1. The molecule has 1 aliphatic rings. The van der Waals surface area contributed by atoms with Crippen molar-refractivity contribution in [3.63, 3.8) is 0 Å². The second-order valence-electron chi connectivity index (χ2n) is 5.19. The fraction of sp³-hybridized carbons (Fsp3) is 0.500. The molecule has 114 valence electrons. The highest BCUT2D eigenvalue weighted by atomic mass is 16.6. The number of non-ortho nitro benzene ring substituents is 1. The third-order valence-corrected chi connectivity index (χ3v) is 3.75. The molecule has 0 unspecified atom stereocenters. The van der Waals surface area contributed by atoms with Gasteiger partial charge < -0.3 is 15.5 Å². The molecular formula is C14H20N4O3. The largest absolute Gasteiger partial charge is 0.370 e. The maximum absolute atomic E-state index is 11.3. The van der Waals surface area contributed by atoms with Crippen molar-refractivity contribution in [2.75, 3.05) is 30.4 Å². The average Bonchev–Trinajstić information content (AvgIpc) is 2.46. The van der Waals surface area contributed by atoms with Crippen LogP contribution in [0.2, 0.25) is 0 Å². The number of hydrogen-bond donors (Lipinski definition) is 2. The van der Waals surface area contributed by atoms with E-state index in [0.29, 0.717) is 11.7 Å². The molecule has 1 aliphatic heterocycles. The first-order valence-corrected chi connectivity index (χ1v) is 6.99. The normalized spacial score (nSPS) is 15.8. The van der Waals surface area contributed by atoms with Crippen molar-refractivity contribution in [1.82, 2.24) is 5.32 Å². The molecule has 1 amide bonds. The molecule has 2 rings (SSSR count). The molecule has 2 N–H and O–H groups in total. The third-order valence-electron chi connectivity index (χ3n) is 3.75. The van der Waals surface area contributed by atoms with Crippen molar-refractivity contribution in [1.29, 1.82) is 0 Å². The van der Waals surface area contributed by atoms with E-state index in [1.165, 1.54) is 19.1 Å². The first kappa shape index (κ1) is 15.2. The van der Waals surface area contributed by atoms with E-state index >= 15 is 0 Å². The third kappa shape index (κ3) is 3.69. The second-order valence-corrected chi connectivity index (χ2v) is 5.19. The van der Waals surface area contributed by atoms with Gasteiger partial charge in [0.25, 0.3) is 5.69 Å². The van der Waals surface area contributed by atoms with E-state index in [4.69, 9.17) is 0 Å². The molecule has 7 nitrogen and oxygen atoms in total. The number of rotatable bonds is 4. The summed E-state index contributed by atoms with van der Waals surface area (Å²) in [5, 5.41) is 16.8. The van der Waals surface area contributed by atoms with Crippen LogP contribution in [0.4, 0.5) is 17.1 Å². The molecule has 1 aromatic rings. The predicted octanol–water partition coefficient (Wildman–Crippen LogP) is 1.74. The number of nitro groups is 1. The topological polar surface area (TPSA) is 87.5 Å². The van der Waals surface area contributed by atoms with Crippen molar-refractivity contribution in [2.24, 2.45) is 0 Å². The number of nitrogens with zero attached hydrogens (tertiary/aromatic N) is 2. The summed E-state index contributed by atoms with van der Waals surface area (Å²) in [6.07, 6.45) is 2.01. The zero-order valence-electron chi connectivity index (χ0n) is 12.3. The van der Waals surface area contributed by atoms with Gasteiger partial charge in [-0.15, -0.1) is 0 Å². The lowest BCUT2D eigenvalue weighted by atomic mass is 10.0. The van der Waals surface area contributed by atoms with E-state index in [0.717, 1.165) is 31.6 Å². The Labute approximate surface area is 123 Å². The molecule has 1 saturated heterocycles. The van der Waals surface area contributed by atoms with Crippen LogP contribution in [-0.2, 0) is 4.79 Å². The van der Waals surface area contributed by atoms with E-state index < -0.39 is 4.92 Å². The highest BCUT2D eigenvalue weighted by Crippen LogP contribution is 2.32. The molecule has 0 bridgehead atoms. The Morgan fingerprint density at radius 3 is 2.57 bits per heavy atom. The van der Waals surface area contributed by atoms with Crippen LogP contribution in [0.1, 0.15) is 19.8 Å². The Balaban J connectivity index is 2.25. The van der Waals surface area contributed by atoms with Gasteiger partial charge in [0.05, 0.1) is 16.3 Å². The summed E-state index contributed by atoms with van der Waals surface area (Å²) < 4.78 is 0. The molecule has 0 spiro atoms. The van der Waals surface area contributed by atoms with Crippen molar-refractivity contribution < 1.29 is 9.72 Å². The summed E-state index contributed by atoms with van der Waals surface area (Å²) in [7, 11) is 1.95. The molecule has 1 fully saturated rings. The average molecular weight is 292 g/mol. The van der Waals surface area contributed by atoms with Crippen LogP contribution in [0.25, 0.3) is 0 Å². The van der Waals surface area contributed by atoms with Gasteiger partial charge in [-0.05, 0) is 26.0 Å². The number of nitrogens with one attached hydrogen (secondary N) is 2. The first-order chi connectivity index (χ1) is 10.0. The van der Waals surface area contributed by atoms with Gasteiger partial charge in [-0.1, -0.05) is 0 Å². The number of anilines is 2. The summed E-state index contributed by atoms with van der Waals surface area (Å²) in [5.74, 6) is -0.234.